The molecule has 1 amide bonds. The van der Waals surface area contributed by atoms with Crippen LogP contribution in [0.3, 0.4) is 0 Å². The molecule has 1 aromatic heterocycles. The summed E-state index contributed by atoms with van der Waals surface area (Å²) in [5.74, 6) is 1.57. The van der Waals surface area contributed by atoms with E-state index in [1.807, 2.05) is 32.9 Å². The fourth-order valence-electron chi connectivity index (χ4n) is 2.27. The van der Waals surface area contributed by atoms with Crippen LogP contribution < -0.4 is 15.8 Å². The molecule has 0 unspecified atom stereocenters. The molecule has 25 heavy (non-hydrogen) atoms. The number of ether oxygens (including phenoxy) is 2. The number of hydrogen-bond acceptors (Lipinski definition) is 5. The van der Waals surface area contributed by atoms with Gasteiger partial charge in [0.15, 0.2) is 5.95 Å². The van der Waals surface area contributed by atoms with Gasteiger partial charge in [-0.05, 0) is 45.0 Å². The van der Waals surface area contributed by atoms with E-state index in [1.165, 1.54) is 0 Å². The van der Waals surface area contributed by atoms with Gasteiger partial charge in [-0.1, -0.05) is 6.07 Å². The SMILES string of the molecule is CC(C)(C)OC(=O)Nc1cccc(Oc2ccc3nc(N)[nH]c3c2)c1. The fraction of sp³-hybridized carbons (Fsp3) is 0.222. The van der Waals surface area contributed by atoms with Crippen molar-refractivity contribution in [2.45, 2.75) is 26.4 Å². The minimum absolute atomic E-state index is 0.357. The van der Waals surface area contributed by atoms with Crippen molar-refractivity contribution in [3.8, 4) is 11.5 Å². The Balaban J connectivity index is 1.73. The summed E-state index contributed by atoms with van der Waals surface area (Å²) < 4.78 is 11.1. The maximum absolute atomic E-state index is 11.8. The second-order valence-electron chi connectivity index (χ2n) is 6.56. The molecule has 2 aromatic carbocycles. The third kappa shape index (κ3) is 4.41. The van der Waals surface area contributed by atoms with E-state index in [2.05, 4.69) is 15.3 Å². The molecule has 0 radical (unpaired) electrons. The van der Waals surface area contributed by atoms with Crippen molar-refractivity contribution in [1.82, 2.24) is 9.97 Å². The molecule has 130 valence electrons. The van der Waals surface area contributed by atoms with Gasteiger partial charge in [-0.2, -0.15) is 0 Å². The van der Waals surface area contributed by atoms with Crippen LogP contribution in [0.1, 0.15) is 20.8 Å². The second-order valence-corrected chi connectivity index (χ2v) is 6.56. The normalized spacial score (nSPS) is 11.3. The average Bonchev–Trinajstić information content (AvgIpc) is 2.85. The van der Waals surface area contributed by atoms with Crippen LogP contribution in [0, 0.1) is 0 Å². The van der Waals surface area contributed by atoms with Crippen molar-refractivity contribution in [3.63, 3.8) is 0 Å². The van der Waals surface area contributed by atoms with Crippen molar-refractivity contribution in [2.75, 3.05) is 11.1 Å². The van der Waals surface area contributed by atoms with Crippen LogP contribution in [0.15, 0.2) is 42.5 Å². The van der Waals surface area contributed by atoms with Gasteiger partial charge in [0.1, 0.15) is 17.1 Å². The molecule has 3 aromatic rings. The number of anilines is 2. The molecule has 7 heteroatoms. The number of amides is 1. The second kappa shape index (κ2) is 6.35. The predicted octanol–water partition coefficient (Wildman–Crippen LogP) is 4.28. The van der Waals surface area contributed by atoms with E-state index in [0.29, 0.717) is 23.1 Å². The number of rotatable bonds is 3. The monoisotopic (exact) mass is 340 g/mol. The maximum atomic E-state index is 11.8. The minimum atomic E-state index is -0.556. The Bertz CT molecular complexity index is 912. The number of H-pyrrole nitrogens is 1. The third-order valence-electron chi connectivity index (χ3n) is 3.19. The van der Waals surface area contributed by atoms with Gasteiger partial charge in [-0.25, -0.2) is 9.78 Å². The summed E-state index contributed by atoms with van der Waals surface area (Å²) in [5, 5.41) is 2.68. The predicted molar refractivity (Wildman–Crippen MR) is 96.9 cm³/mol. The van der Waals surface area contributed by atoms with Crippen molar-refractivity contribution in [3.05, 3.63) is 42.5 Å². The van der Waals surface area contributed by atoms with Crippen molar-refractivity contribution in [2.24, 2.45) is 0 Å². The van der Waals surface area contributed by atoms with Crippen LogP contribution in [0.25, 0.3) is 11.0 Å². The number of nitrogens with two attached hydrogens (primary N) is 1. The zero-order valence-corrected chi connectivity index (χ0v) is 14.3. The molecule has 0 aliphatic carbocycles. The van der Waals surface area contributed by atoms with E-state index in [0.717, 1.165) is 11.0 Å². The molecule has 7 nitrogen and oxygen atoms in total. The smallest absolute Gasteiger partial charge is 0.412 e. The molecule has 0 saturated carbocycles. The lowest BCUT2D eigenvalue weighted by atomic mass is 10.2. The van der Waals surface area contributed by atoms with Crippen LogP contribution in [0.2, 0.25) is 0 Å². The summed E-state index contributed by atoms with van der Waals surface area (Å²) in [6.45, 7) is 5.43. The molecular formula is C18H20N4O3. The van der Waals surface area contributed by atoms with Gasteiger partial charge in [0.25, 0.3) is 0 Å². The summed E-state index contributed by atoms with van der Waals surface area (Å²) in [6, 6.07) is 12.5. The van der Waals surface area contributed by atoms with Gasteiger partial charge < -0.3 is 20.2 Å². The summed E-state index contributed by atoms with van der Waals surface area (Å²) in [5.41, 5.74) is 7.23. The van der Waals surface area contributed by atoms with E-state index in [9.17, 15) is 4.79 Å². The number of nitrogen functional groups attached to an aromatic ring is 1. The first kappa shape index (κ1) is 16.6. The number of aromatic nitrogens is 2. The third-order valence-corrected chi connectivity index (χ3v) is 3.19. The van der Waals surface area contributed by atoms with E-state index >= 15 is 0 Å². The van der Waals surface area contributed by atoms with Crippen molar-refractivity contribution < 1.29 is 14.3 Å². The average molecular weight is 340 g/mol. The highest BCUT2D eigenvalue weighted by atomic mass is 16.6. The fourth-order valence-corrected chi connectivity index (χ4v) is 2.27. The topological polar surface area (TPSA) is 102 Å². The molecule has 0 aliphatic rings. The lowest BCUT2D eigenvalue weighted by molar-refractivity contribution is 0.0636. The molecule has 0 atom stereocenters. The standard InChI is InChI=1S/C18H20N4O3/c1-18(2,3)25-17(23)20-11-5-4-6-12(9-11)24-13-7-8-14-15(10-13)22-16(19)21-14/h4-10H,1-3H3,(H,20,23)(H3,19,21,22). The van der Waals surface area contributed by atoms with Gasteiger partial charge >= 0.3 is 6.09 Å². The first-order valence-corrected chi connectivity index (χ1v) is 7.82. The van der Waals surface area contributed by atoms with Gasteiger partial charge in [0.05, 0.1) is 11.0 Å². The quantitative estimate of drug-likeness (QED) is 0.660. The highest BCUT2D eigenvalue weighted by molar-refractivity contribution is 5.85. The number of benzene rings is 2. The number of imidazole rings is 1. The molecule has 1 heterocycles. The molecule has 0 saturated heterocycles. The number of aromatic amines is 1. The van der Waals surface area contributed by atoms with Crippen LogP contribution in [-0.4, -0.2) is 21.7 Å². The van der Waals surface area contributed by atoms with Crippen LogP contribution in [-0.2, 0) is 4.74 Å². The molecule has 0 bridgehead atoms. The lowest BCUT2D eigenvalue weighted by Crippen LogP contribution is -2.27. The maximum Gasteiger partial charge on any atom is 0.412 e. The van der Waals surface area contributed by atoms with Gasteiger partial charge in [-0.15, -0.1) is 0 Å². The summed E-state index contributed by atoms with van der Waals surface area (Å²) in [7, 11) is 0. The number of hydrogen-bond donors (Lipinski definition) is 3. The Morgan fingerprint density at radius 2 is 1.92 bits per heavy atom. The summed E-state index contributed by atoms with van der Waals surface area (Å²) in [6.07, 6.45) is -0.515. The number of carbonyl (C=O) groups excluding carboxylic acids is 1. The Labute approximate surface area is 145 Å². The summed E-state index contributed by atoms with van der Waals surface area (Å²) in [4.78, 5) is 18.9. The Morgan fingerprint density at radius 3 is 2.68 bits per heavy atom. The van der Waals surface area contributed by atoms with Gasteiger partial charge in [0, 0.05) is 17.8 Å². The largest absolute Gasteiger partial charge is 0.457 e. The van der Waals surface area contributed by atoms with E-state index < -0.39 is 11.7 Å². The van der Waals surface area contributed by atoms with Crippen LogP contribution in [0.5, 0.6) is 11.5 Å². The van der Waals surface area contributed by atoms with Crippen LogP contribution in [0.4, 0.5) is 16.4 Å². The van der Waals surface area contributed by atoms with E-state index in [-0.39, 0.29) is 0 Å². The molecule has 4 N–H and O–H groups in total. The Hall–Kier alpha value is -3.22. The van der Waals surface area contributed by atoms with Gasteiger partial charge in [0.2, 0.25) is 0 Å². The molecule has 0 aliphatic heterocycles. The van der Waals surface area contributed by atoms with E-state index in [1.54, 1.807) is 30.3 Å². The zero-order valence-electron chi connectivity index (χ0n) is 14.3. The van der Waals surface area contributed by atoms with Gasteiger partial charge in [-0.3, -0.25) is 5.32 Å². The van der Waals surface area contributed by atoms with Crippen LogP contribution >= 0.6 is 0 Å². The zero-order chi connectivity index (χ0) is 18.0. The number of nitrogens with one attached hydrogen (secondary N) is 2. The summed E-state index contributed by atoms with van der Waals surface area (Å²) >= 11 is 0. The molecule has 3 rings (SSSR count). The number of carbonyl (C=O) groups is 1. The molecular weight excluding hydrogens is 320 g/mol. The number of nitrogens with zero attached hydrogens (tertiary/aromatic N) is 1. The lowest BCUT2D eigenvalue weighted by Gasteiger charge is -2.19. The first-order chi connectivity index (χ1) is 11.8. The Morgan fingerprint density at radius 1 is 1.16 bits per heavy atom. The van der Waals surface area contributed by atoms with Crippen molar-refractivity contribution >= 4 is 28.8 Å². The van der Waals surface area contributed by atoms with Crippen molar-refractivity contribution in [1.29, 1.82) is 0 Å². The highest BCUT2D eigenvalue weighted by Crippen LogP contribution is 2.27. The van der Waals surface area contributed by atoms with E-state index in [4.69, 9.17) is 15.2 Å². The molecule has 0 fully saturated rings. The first-order valence-electron chi connectivity index (χ1n) is 7.82. The minimum Gasteiger partial charge on any atom is -0.457 e. The Kier molecular flexibility index (Phi) is 4.22. The molecule has 0 spiro atoms. The highest BCUT2D eigenvalue weighted by Gasteiger charge is 2.16. The number of fused-ring (bicyclic) bond motifs is 1.